The maximum Gasteiger partial charge on any atom is 0.251 e. The standard InChI is InChI=1S/C16H17N3O3/c1-11-3-8-15(21)19(9-11)10-14(20)18-13-6-4-12(5-7-13)16(22)17-2/h3-9H,10H2,1-2H3,(H,17,22)(H,18,20). The Morgan fingerprint density at radius 2 is 1.77 bits per heavy atom. The normalized spacial score (nSPS) is 10.1. The van der Waals surface area contributed by atoms with Gasteiger partial charge in [0, 0.05) is 30.6 Å². The summed E-state index contributed by atoms with van der Waals surface area (Å²) in [6, 6.07) is 9.65. The van der Waals surface area contributed by atoms with E-state index in [2.05, 4.69) is 10.6 Å². The van der Waals surface area contributed by atoms with Gasteiger partial charge in [0.15, 0.2) is 0 Å². The first-order valence-electron chi connectivity index (χ1n) is 6.78. The fourth-order valence-electron chi connectivity index (χ4n) is 1.98. The van der Waals surface area contributed by atoms with Gasteiger partial charge in [0.2, 0.25) is 5.91 Å². The molecule has 0 aliphatic heterocycles. The average Bonchev–Trinajstić information content (AvgIpc) is 2.51. The lowest BCUT2D eigenvalue weighted by molar-refractivity contribution is -0.116. The quantitative estimate of drug-likeness (QED) is 0.889. The fourth-order valence-corrected chi connectivity index (χ4v) is 1.98. The molecule has 22 heavy (non-hydrogen) atoms. The van der Waals surface area contributed by atoms with Crippen LogP contribution in [-0.2, 0) is 11.3 Å². The van der Waals surface area contributed by atoms with Crippen LogP contribution in [0.15, 0.2) is 47.4 Å². The third-order valence-corrected chi connectivity index (χ3v) is 3.10. The van der Waals surface area contributed by atoms with Crippen LogP contribution in [0, 0.1) is 6.92 Å². The second kappa shape index (κ2) is 6.71. The summed E-state index contributed by atoms with van der Waals surface area (Å²) in [5.74, 6) is -0.496. The Morgan fingerprint density at radius 1 is 1.09 bits per heavy atom. The van der Waals surface area contributed by atoms with Crippen LogP contribution >= 0.6 is 0 Å². The minimum Gasteiger partial charge on any atom is -0.355 e. The average molecular weight is 299 g/mol. The summed E-state index contributed by atoms with van der Waals surface area (Å²) in [7, 11) is 1.55. The van der Waals surface area contributed by atoms with Crippen molar-refractivity contribution in [3.8, 4) is 0 Å². The molecule has 1 heterocycles. The molecule has 6 heteroatoms. The van der Waals surface area contributed by atoms with E-state index in [1.165, 1.54) is 10.6 Å². The number of nitrogens with one attached hydrogen (secondary N) is 2. The lowest BCUT2D eigenvalue weighted by Gasteiger charge is -2.08. The van der Waals surface area contributed by atoms with Crippen molar-refractivity contribution in [3.63, 3.8) is 0 Å². The van der Waals surface area contributed by atoms with Gasteiger partial charge in [-0.15, -0.1) is 0 Å². The molecular weight excluding hydrogens is 282 g/mol. The molecule has 2 N–H and O–H groups in total. The molecule has 0 unspecified atom stereocenters. The highest BCUT2D eigenvalue weighted by Crippen LogP contribution is 2.09. The number of rotatable bonds is 4. The summed E-state index contributed by atoms with van der Waals surface area (Å²) in [6.07, 6.45) is 1.64. The maximum atomic E-state index is 12.0. The van der Waals surface area contributed by atoms with E-state index in [0.29, 0.717) is 11.3 Å². The molecule has 0 fully saturated rings. The summed E-state index contributed by atoms with van der Waals surface area (Å²) in [5.41, 5.74) is 1.76. The molecule has 0 radical (unpaired) electrons. The van der Waals surface area contributed by atoms with Crippen LogP contribution < -0.4 is 16.2 Å². The lowest BCUT2D eigenvalue weighted by atomic mass is 10.2. The third kappa shape index (κ3) is 3.82. The molecule has 0 saturated heterocycles. The molecule has 1 aromatic heterocycles. The van der Waals surface area contributed by atoms with Gasteiger partial charge in [-0.2, -0.15) is 0 Å². The second-order valence-electron chi connectivity index (χ2n) is 4.88. The van der Waals surface area contributed by atoms with Gasteiger partial charge in [-0.25, -0.2) is 0 Å². The van der Waals surface area contributed by atoms with Crippen molar-refractivity contribution in [2.45, 2.75) is 13.5 Å². The Morgan fingerprint density at radius 3 is 2.41 bits per heavy atom. The zero-order valence-corrected chi connectivity index (χ0v) is 12.4. The topological polar surface area (TPSA) is 80.2 Å². The number of benzene rings is 1. The summed E-state index contributed by atoms with van der Waals surface area (Å²) in [6.45, 7) is 1.79. The number of pyridine rings is 1. The Kier molecular flexibility index (Phi) is 4.73. The molecule has 1 aromatic carbocycles. The van der Waals surface area contributed by atoms with Gasteiger partial charge in [0.05, 0.1) is 0 Å². The van der Waals surface area contributed by atoms with Crippen molar-refractivity contribution in [2.75, 3.05) is 12.4 Å². The van der Waals surface area contributed by atoms with Gasteiger partial charge in [0.25, 0.3) is 11.5 Å². The van der Waals surface area contributed by atoms with Crippen molar-refractivity contribution in [2.24, 2.45) is 0 Å². The number of amides is 2. The summed E-state index contributed by atoms with van der Waals surface area (Å²) in [5, 5.41) is 5.21. The molecule has 0 atom stereocenters. The van der Waals surface area contributed by atoms with Crippen LogP contribution in [0.5, 0.6) is 0 Å². The van der Waals surface area contributed by atoms with E-state index >= 15 is 0 Å². The van der Waals surface area contributed by atoms with E-state index in [9.17, 15) is 14.4 Å². The monoisotopic (exact) mass is 299 g/mol. The molecule has 0 aliphatic carbocycles. The third-order valence-electron chi connectivity index (χ3n) is 3.10. The first-order chi connectivity index (χ1) is 10.5. The molecule has 114 valence electrons. The number of nitrogens with zero attached hydrogens (tertiary/aromatic N) is 1. The Bertz CT molecular complexity index is 748. The molecule has 0 spiro atoms. The second-order valence-corrected chi connectivity index (χ2v) is 4.88. The number of aryl methyl sites for hydroxylation is 1. The smallest absolute Gasteiger partial charge is 0.251 e. The number of anilines is 1. The van der Waals surface area contributed by atoms with Crippen LogP contribution in [0.25, 0.3) is 0 Å². The van der Waals surface area contributed by atoms with Crippen LogP contribution in [0.3, 0.4) is 0 Å². The van der Waals surface area contributed by atoms with Crippen LogP contribution in [0.4, 0.5) is 5.69 Å². The van der Waals surface area contributed by atoms with E-state index in [-0.39, 0.29) is 23.9 Å². The number of hydrogen-bond acceptors (Lipinski definition) is 3. The van der Waals surface area contributed by atoms with Crippen molar-refractivity contribution in [3.05, 3.63) is 64.1 Å². The predicted octanol–water partition coefficient (Wildman–Crippen LogP) is 1.16. The predicted molar refractivity (Wildman–Crippen MR) is 83.9 cm³/mol. The molecular formula is C16H17N3O3. The lowest BCUT2D eigenvalue weighted by Crippen LogP contribution is -2.27. The van der Waals surface area contributed by atoms with Gasteiger partial charge in [-0.05, 0) is 36.8 Å². The number of carbonyl (C=O) groups excluding carboxylic acids is 2. The summed E-state index contributed by atoms with van der Waals surface area (Å²) >= 11 is 0. The van der Waals surface area contributed by atoms with Gasteiger partial charge >= 0.3 is 0 Å². The zero-order chi connectivity index (χ0) is 16.1. The number of hydrogen-bond donors (Lipinski definition) is 2. The van der Waals surface area contributed by atoms with E-state index in [0.717, 1.165) is 5.56 Å². The fraction of sp³-hybridized carbons (Fsp3) is 0.188. The SMILES string of the molecule is CNC(=O)c1ccc(NC(=O)Cn2cc(C)ccc2=O)cc1. The first-order valence-corrected chi connectivity index (χ1v) is 6.78. The molecule has 0 aliphatic rings. The number of aromatic nitrogens is 1. The summed E-state index contributed by atoms with van der Waals surface area (Å²) < 4.78 is 1.35. The van der Waals surface area contributed by atoms with E-state index in [1.807, 2.05) is 6.92 Å². The molecule has 0 bridgehead atoms. The molecule has 2 amide bonds. The van der Waals surface area contributed by atoms with Gasteiger partial charge in [-0.1, -0.05) is 6.07 Å². The molecule has 0 saturated carbocycles. The van der Waals surface area contributed by atoms with E-state index < -0.39 is 0 Å². The Labute approximate surface area is 127 Å². The van der Waals surface area contributed by atoms with Gasteiger partial charge < -0.3 is 15.2 Å². The van der Waals surface area contributed by atoms with E-state index in [1.54, 1.807) is 43.6 Å². The molecule has 2 rings (SSSR count). The largest absolute Gasteiger partial charge is 0.355 e. The zero-order valence-electron chi connectivity index (χ0n) is 12.4. The van der Waals surface area contributed by atoms with Crippen LogP contribution in [0.2, 0.25) is 0 Å². The first kappa shape index (κ1) is 15.5. The van der Waals surface area contributed by atoms with Crippen molar-refractivity contribution >= 4 is 17.5 Å². The van der Waals surface area contributed by atoms with Crippen molar-refractivity contribution in [1.82, 2.24) is 9.88 Å². The van der Waals surface area contributed by atoms with Gasteiger partial charge in [-0.3, -0.25) is 14.4 Å². The van der Waals surface area contributed by atoms with Crippen molar-refractivity contribution in [1.29, 1.82) is 0 Å². The van der Waals surface area contributed by atoms with Crippen LogP contribution in [-0.4, -0.2) is 23.4 Å². The maximum absolute atomic E-state index is 12.0. The van der Waals surface area contributed by atoms with Crippen LogP contribution in [0.1, 0.15) is 15.9 Å². The molecule has 6 nitrogen and oxygen atoms in total. The Balaban J connectivity index is 2.04. The Hall–Kier alpha value is -2.89. The minimum atomic E-state index is -0.305. The highest BCUT2D eigenvalue weighted by atomic mass is 16.2. The van der Waals surface area contributed by atoms with Crippen molar-refractivity contribution < 1.29 is 9.59 Å². The minimum absolute atomic E-state index is 0.0578. The summed E-state index contributed by atoms with van der Waals surface area (Å²) in [4.78, 5) is 35.0. The number of carbonyl (C=O) groups is 2. The highest BCUT2D eigenvalue weighted by molar-refractivity contribution is 5.95. The van der Waals surface area contributed by atoms with Gasteiger partial charge in [0.1, 0.15) is 6.54 Å². The molecule has 2 aromatic rings. The highest BCUT2D eigenvalue weighted by Gasteiger charge is 2.07. The van der Waals surface area contributed by atoms with E-state index in [4.69, 9.17) is 0 Å².